The lowest BCUT2D eigenvalue weighted by atomic mass is 10.1. The topological polar surface area (TPSA) is 32.3 Å². The first kappa shape index (κ1) is 10.3. The zero-order valence-corrected chi connectivity index (χ0v) is 8.58. The highest BCUT2D eigenvalue weighted by molar-refractivity contribution is 5.87. The average molecular weight is 182 g/mol. The van der Waals surface area contributed by atoms with Crippen LogP contribution < -0.4 is 5.32 Å². The maximum Gasteiger partial charge on any atom is 0.246 e. The highest BCUT2D eigenvalue weighted by atomic mass is 16.2. The Kier molecular flexibility index (Phi) is 3.48. The number of carbonyl (C=O) groups is 1. The predicted molar refractivity (Wildman–Crippen MR) is 53.5 cm³/mol. The Morgan fingerprint density at radius 2 is 1.92 bits per heavy atom. The van der Waals surface area contributed by atoms with E-state index in [1.165, 1.54) is 0 Å². The van der Waals surface area contributed by atoms with Crippen LogP contribution in [-0.2, 0) is 4.79 Å². The van der Waals surface area contributed by atoms with Gasteiger partial charge in [0, 0.05) is 25.2 Å². The van der Waals surface area contributed by atoms with Crippen molar-refractivity contribution in [2.45, 2.75) is 32.9 Å². The second kappa shape index (κ2) is 4.42. The van der Waals surface area contributed by atoms with E-state index in [9.17, 15) is 4.79 Å². The molecule has 74 valence electrons. The third kappa shape index (κ3) is 2.84. The van der Waals surface area contributed by atoms with E-state index in [0.29, 0.717) is 12.1 Å². The Balaban J connectivity index is 2.54. The van der Waals surface area contributed by atoms with Crippen LogP contribution in [0.15, 0.2) is 12.2 Å². The molecule has 0 aromatic carbocycles. The van der Waals surface area contributed by atoms with Crippen molar-refractivity contribution >= 4 is 5.91 Å². The summed E-state index contributed by atoms with van der Waals surface area (Å²) in [5, 5.41) is 3.39. The third-order valence-corrected chi connectivity index (χ3v) is 2.18. The summed E-state index contributed by atoms with van der Waals surface area (Å²) in [6.07, 6.45) is 3.42. The van der Waals surface area contributed by atoms with Crippen LogP contribution in [-0.4, -0.2) is 36.0 Å². The van der Waals surface area contributed by atoms with Crippen molar-refractivity contribution in [3.63, 3.8) is 0 Å². The van der Waals surface area contributed by atoms with Crippen LogP contribution in [0.5, 0.6) is 0 Å². The Bertz CT molecular complexity index is 203. The van der Waals surface area contributed by atoms with Crippen LogP contribution in [0.1, 0.15) is 20.8 Å². The molecular formula is C10H18N2O. The van der Waals surface area contributed by atoms with Crippen molar-refractivity contribution in [3.8, 4) is 0 Å². The molecule has 1 N–H and O–H groups in total. The molecule has 0 aromatic heterocycles. The Labute approximate surface area is 79.8 Å². The molecule has 1 saturated heterocycles. The van der Waals surface area contributed by atoms with E-state index in [2.05, 4.69) is 19.2 Å². The van der Waals surface area contributed by atoms with Gasteiger partial charge >= 0.3 is 0 Å². The summed E-state index contributed by atoms with van der Waals surface area (Å²) in [5.74, 6) is 0.127. The number of piperazine rings is 1. The molecule has 3 nitrogen and oxygen atoms in total. The number of amides is 1. The maximum atomic E-state index is 11.5. The van der Waals surface area contributed by atoms with Crippen molar-refractivity contribution in [2.75, 3.05) is 13.1 Å². The smallest absolute Gasteiger partial charge is 0.246 e. The SMILES string of the molecule is CC=CC(=O)N1CC(C)NC(C)C1. The lowest BCUT2D eigenvalue weighted by Gasteiger charge is -2.35. The van der Waals surface area contributed by atoms with Gasteiger partial charge in [0.1, 0.15) is 0 Å². The second-order valence-corrected chi connectivity index (χ2v) is 3.71. The first-order chi connectivity index (χ1) is 6.13. The van der Waals surface area contributed by atoms with Gasteiger partial charge in [-0.1, -0.05) is 6.08 Å². The summed E-state index contributed by atoms with van der Waals surface area (Å²) in [6.45, 7) is 7.70. The molecule has 0 aliphatic carbocycles. The van der Waals surface area contributed by atoms with Gasteiger partial charge in [0.2, 0.25) is 5.91 Å². The van der Waals surface area contributed by atoms with Crippen molar-refractivity contribution in [1.29, 1.82) is 0 Å². The van der Waals surface area contributed by atoms with Gasteiger partial charge in [0.05, 0.1) is 0 Å². The molecule has 1 rings (SSSR count). The first-order valence-corrected chi connectivity index (χ1v) is 4.81. The molecule has 0 saturated carbocycles. The van der Waals surface area contributed by atoms with Gasteiger partial charge in [-0.25, -0.2) is 0 Å². The highest BCUT2D eigenvalue weighted by Crippen LogP contribution is 2.04. The Morgan fingerprint density at radius 3 is 2.38 bits per heavy atom. The molecule has 3 heteroatoms. The average Bonchev–Trinajstić information content (AvgIpc) is 2.03. The second-order valence-electron chi connectivity index (χ2n) is 3.71. The fraction of sp³-hybridized carbons (Fsp3) is 0.700. The summed E-state index contributed by atoms with van der Waals surface area (Å²) in [7, 11) is 0. The minimum absolute atomic E-state index is 0.127. The number of nitrogens with one attached hydrogen (secondary N) is 1. The van der Waals surface area contributed by atoms with E-state index in [-0.39, 0.29) is 5.91 Å². The molecule has 1 heterocycles. The molecule has 13 heavy (non-hydrogen) atoms. The lowest BCUT2D eigenvalue weighted by Crippen LogP contribution is -2.55. The summed E-state index contributed by atoms with van der Waals surface area (Å²) in [6, 6.07) is 0.802. The summed E-state index contributed by atoms with van der Waals surface area (Å²) >= 11 is 0. The number of hydrogen-bond donors (Lipinski definition) is 1. The fourth-order valence-electron chi connectivity index (χ4n) is 1.75. The van der Waals surface area contributed by atoms with Gasteiger partial charge in [-0.15, -0.1) is 0 Å². The standard InChI is InChI=1S/C10H18N2O/c1-4-5-10(13)12-6-8(2)11-9(3)7-12/h4-5,8-9,11H,6-7H2,1-3H3. The molecule has 0 bridgehead atoms. The molecule has 1 aliphatic rings. The van der Waals surface area contributed by atoms with Crippen molar-refractivity contribution in [1.82, 2.24) is 10.2 Å². The van der Waals surface area contributed by atoms with Gasteiger partial charge in [0.25, 0.3) is 0 Å². The van der Waals surface area contributed by atoms with E-state index in [0.717, 1.165) is 13.1 Å². The van der Waals surface area contributed by atoms with Gasteiger partial charge in [0.15, 0.2) is 0 Å². The number of carbonyl (C=O) groups excluding carboxylic acids is 1. The molecular weight excluding hydrogens is 164 g/mol. The normalized spacial score (nSPS) is 29.6. The molecule has 2 unspecified atom stereocenters. The number of allylic oxidation sites excluding steroid dienone is 1. The molecule has 1 aliphatic heterocycles. The van der Waals surface area contributed by atoms with E-state index in [4.69, 9.17) is 0 Å². The van der Waals surface area contributed by atoms with E-state index < -0.39 is 0 Å². The van der Waals surface area contributed by atoms with Crippen LogP contribution in [0.2, 0.25) is 0 Å². The van der Waals surface area contributed by atoms with Crippen LogP contribution in [0.25, 0.3) is 0 Å². The van der Waals surface area contributed by atoms with Gasteiger partial charge < -0.3 is 10.2 Å². The summed E-state index contributed by atoms with van der Waals surface area (Å²) < 4.78 is 0. The zero-order chi connectivity index (χ0) is 9.84. The van der Waals surface area contributed by atoms with Gasteiger partial charge in [-0.3, -0.25) is 4.79 Å². The predicted octanol–water partition coefficient (Wildman–Crippen LogP) is 0.771. The molecule has 2 atom stereocenters. The third-order valence-electron chi connectivity index (χ3n) is 2.18. The molecule has 1 fully saturated rings. The monoisotopic (exact) mass is 182 g/mol. The van der Waals surface area contributed by atoms with Crippen molar-refractivity contribution < 1.29 is 4.79 Å². The minimum Gasteiger partial charge on any atom is -0.336 e. The van der Waals surface area contributed by atoms with E-state index in [1.54, 1.807) is 12.2 Å². The number of hydrogen-bond acceptors (Lipinski definition) is 2. The Hall–Kier alpha value is -0.830. The number of nitrogens with zero attached hydrogens (tertiary/aromatic N) is 1. The molecule has 0 radical (unpaired) electrons. The first-order valence-electron chi connectivity index (χ1n) is 4.81. The van der Waals surface area contributed by atoms with Crippen LogP contribution in [0.4, 0.5) is 0 Å². The molecule has 1 amide bonds. The van der Waals surface area contributed by atoms with E-state index >= 15 is 0 Å². The maximum absolute atomic E-state index is 11.5. The lowest BCUT2D eigenvalue weighted by molar-refractivity contribution is -0.127. The number of rotatable bonds is 1. The van der Waals surface area contributed by atoms with Gasteiger partial charge in [-0.05, 0) is 26.8 Å². The highest BCUT2D eigenvalue weighted by Gasteiger charge is 2.22. The van der Waals surface area contributed by atoms with Crippen molar-refractivity contribution in [3.05, 3.63) is 12.2 Å². The fourth-order valence-corrected chi connectivity index (χ4v) is 1.75. The summed E-state index contributed by atoms with van der Waals surface area (Å²) in [5.41, 5.74) is 0. The zero-order valence-electron chi connectivity index (χ0n) is 8.58. The molecule has 0 spiro atoms. The van der Waals surface area contributed by atoms with Crippen LogP contribution in [0.3, 0.4) is 0 Å². The van der Waals surface area contributed by atoms with E-state index in [1.807, 2.05) is 11.8 Å². The largest absolute Gasteiger partial charge is 0.336 e. The van der Waals surface area contributed by atoms with Crippen LogP contribution >= 0.6 is 0 Å². The van der Waals surface area contributed by atoms with Crippen LogP contribution in [0, 0.1) is 0 Å². The van der Waals surface area contributed by atoms with Gasteiger partial charge in [-0.2, -0.15) is 0 Å². The van der Waals surface area contributed by atoms with Crippen molar-refractivity contribution in [2.24, 2.45) is 0 Å². The Morgan fingerprint density at radius 1 is 1.38 bits per heavy atom. The quantitative estimate of drug-likeness (QED) is 0.608. The summed E-state index contributed by atoms with van der Waals surface area (Å²) in [4.78, 5) is 13.4. The minimum atomic E-state index is 0.127. The molecule has 0 aromatic rings.